The van der Waals surface area contributed by atoms with Crippen LogP contribution in [-0.2, 0) is 4.74 Å². The molecule has 0 spiro atoms. The normalized spacial score (nSPS) is 20.6. The largest absolute Gasteiger partial charge is 0.444 e. The van der Waals surface area contributed by atoms with Gasteiger partial charge in [0.15, 0.2) is 5.96 Å². The van der Waals surface area contributed by atoms with Gasteiger partial charge in [0.05, 0.1) is 0 Å². The number of nitrogens with zero attached hydrogens (tertiary/aromatic N) is 2. The molecule has 2 fully saturated rings. The first kappa shape index (κ1) is 23.1. The molecule has 1 amide bonds. The smallest absolute Gasteiger partial charge is 0.407 e. The summed E-state index contributed by atoms with van der Waals surface area (Å²) < 4.78 is 5.24. The van der Waals surface area contributed by atoms with Crippen LogP contribution >= 0.6 is 11.8 Å². The molecule has 0 bridgehead atoms. The molecule has 0 aromatic heterocycles. The van der Waals surface area contributed by atoms with Crippen LogP contribution in [0.5, 0.6) is 0 Å². The minimum Gasteiger partial charge on any atom is -0.444 e. The molecule has 1 heterocycles. The van der Waals surface area contributed by atoms with Crippen molar-refractivity contribution in [1.82, 2.24) is 20.9 Å². The summed E-state index contributed by atoms with van der Waals surface area (Å²) in [6.45, 7) is 10.3. The zero-order valence-corrected chi connectivity index (χ0v) is 18.9. The number of carbonyl (C=O) groups is 1. The lowest BCUT2D eigenvalue weighted by Crippen LogP contribution is -2.57. The molecule has 0 unspecified atom stereocenters. The van der Waals surface area contributed by atoms with Crippen molar-refractivity contribution >= 4 is 23.8 Å². The third-order valence-electron chi connectivity index (χ3n) is 5.34. The minimum atomic E-state index is -0.461. The van der Waals surface area contributed by atoms with Crippen molar-refractivity contribution in [1.29, 1.82) is 0 Å². The van der Waals surface area contributed by atoms with Crippen LogP contribution in [0, 0.1) is 0 Å². The first-order valence-corrected chi connectivity index (χ1v) is 11.7. The molecule has 2 rings (SSSR count). The Labute approximate surface area is 174 Å². The average Bonchev–Trinajstić information content (AvgIpc) is 3.13. The van der Waals surface area contributed by atoms with Gasteiger partial charge >= 0.3 is 6.09 Å². The van der Waals surface area contributed by atoms with Crippen LogP contribution in [0.2, 0.25) is 0 Å². The van der Waals surface area contributed by atoms with Crippen LogP contribution in [-0.4, -0.2) is 79.4 Å². The molecular formula is C20H39N5O2S. The van der Waals surface area contributed by atoms with Gasteiger partial charge in [0, 0.05) is 56.8 Å². The number of rotatable bonds is 7. The number of guanidine groups is 1. The number of hydrogen-bond acceptors (Lipinski definition) is 5. The van der Waals surface area contributed by atoms with E-state index in [1.807, 2.05) is 27.8 Å². The summed E-state index contributed by atoms with van der Waals surface area (Å²) >= 11 is 2.07. The third kappa shape index (κ3) is 7.70. The van der Waals surface area contributed by atoms with Crippen LogP contribution < -0.4 is 16.0 Å². The summed E-state index contributed by atoms with van der Waals surface area (Å²) in [7, 11) is 1.81. The highest BCUT2D eigenvalue weighted by atomic mass is 32.2. The second-order valence-corrected chi connectivity index (χ2v) is 9.89. The number of amides is 1. The van der Waals surface area contributed by atoms with Gasteiger partial charge in [-0.25, -0.2) is 4.79 Å². The lowest BCUT2D eigenvalue weighted by molar-refractivity contribution is 0.0527. The van der Waals surface area contributed by atoms with E-state index < -0.39 is 5.60 Å². The monoisotopic (exact) mass is 413 g/mol. The first-order chi connectivity index (χ1) is 13.3. The molecular weight excluding hydrogens is 374 g/mol. The van der Waals surface area contributed by atoms with Crippen molar-refractivity contribution in [3.8, 4) is 0 Å². The number of aliphatic imine (C=N–C) groups is 1. The standard InChI is InChI=1S/C20H39N5O2S/c1-19(2,3)27-18(26)23-11-7-10-22-17(21-4)24-16-20(8-5-6-9-20)25-12-14-28-15-13-25/h5-16H2,1-4H3,(H,23,26)(H2,21,22,24). The Bertz CT molecular complexity index is 509. The van der Waals surface area contributed by atoms with Crippen LogP contribution in [0.1, 0.15) is 52.9 Å². The third-order valence-corrected chi connectivity index (χ3v) is 6.28. The quantitative estimate of drug-likeness (QED) is 0.338. The molecule has 7 nitrogen and oxygen atoms in total. The molecule has 28 heavy (non-hydrogen) atoms. The molecule has 1 saturated heterocycles. The lowest BCUT2D eigenvalue weighted by atomic mass is 9.94. The van der Waals surface area contributed by atoms with Crippen LogP contribution in [0.3, 0.4) is 0 Å². The number of carbonyl (C=O) groups excluding carboxylic acids is 1. The Balaban J connectivity index is 1.68. The van der Waals surface area contributed by atoms with Gasteiger partial charge in [-0.15, -0.1) is 0 Å². The van der Waals surface area contributed by atoms with E-state index in [0.717, 1.165) is 25.5 Å². The van der Waals surface area contributed by atoms with Gasteiger partial charge in [-0.2, -0.15) is 11.8 Å². The van der Waals surface area contributed by atoms with E-state index >= 15 is 0 Å². The SMILES string of the molecule is CN=C(NCCCNC(=O)OC(C)(C)C)NCC1(N2CCSCC2)CCCC1. The van der Waals surface area contributed by atoms with E-state index in [9.17, 15) is 4.79 Å². The molecule has 0 aromatic rings. The topological polar surface area (TPSA) is 78.0 Å². The number of alkyl carbamates (subject to hydrolysis) is 1. The zero-order chi connectivity index (χ0) is 20.5. The Hall–Kier alpha value is -1.15. The Morgan fingerprint density at radius 1 is 1.11 bits per heavy atom. The van der Waals surface area contributed by atoms with E-state index in [-0.39, 0.29) is 11.6 Å². The predicted molar refractivity (Wildman–Crippen MR) is 118 cm³/mol. The second kappa shape index (κ2) is 11.1. The molecule has 1 saturated carbocycles. The van der Waals surface area contributed by atoms with Crippen LogP contribution in [0.15, 0.2) is 4.99 Å². The van der Waals surface area contributed by atoms with E-state index in [1.54, 1.807) is 0 Å². The van der Waals surface area contributed by atoms with Crippen molar-refractivity contribution in [2.24, 2.45) is 4.99 Å². The van der Waals surface area contributed by atoms with Crippen molar-refractivity contribution in [3.63, 3.8) is 0 Å². The minimum absolute atomic E-state index is 0.289. The molecule has 0 atom stereocenters. The van der Waals surface area contributed by atoms with Crippen molar-refractivity contribution in [3.05, 3.63) is 0 Å². The summed E-state index contributed by atoms with van der Waals surface area (Å²) in [5.74, 6) is 3.34. The van der Waals surface area contributed by atoms with E-state index in [4.69, 9.17) is 4.74 Å². The molecule has 0 radical (unpaired) electrons. The highest BCUT2D eigenvalue weighted by molar-refractivity contribution is 7.99. The highest BCUT2D eigenvalue weighted by Gasteiger charge is 2.39. The molecule has 1 aliphatic heterocycles. The maximum absolute atomic E-state index is 11.7. The van der Waals surface area contributed by atoms with Crippen LogP contribution in [0.25, 0.3) is 0 Å². The molecule has 0 aromatic carbocycles. The van der Waals surface area contributed by atoms with Crippen molar-refractivity contribution in [2.75, 3.05) is 51.3 Å². The predicted octanol–water partition coefficient (Wildman–Crippen LogP) is 2.43. The van der Waals surface area contributed by atoms with Gasteiger partial charge in [-0.1, -0.05) is 12.8 Å². The summed E-state index contributed by atoms with van der Waals surface area (Å²) in [5.41, 5.74) is -0.172. The van der Waals surface area contributed by atoms with Crippen LogP contribution in [0.4, 0.5) is 4.79 Å². The van der Waals surface area contributed by atoms with Gasteiger partial charge in [-0.05, 0) is 40.0 Å². The van der Waals surface area contributed by atoms with Gasteiger partial charge < -0.3 is 20.7 Å². The van der Waals surface area contributed by atoms with Gasteiger partial charge in [0.2, 0.25) is 0 Å². The van der Waals surface area contributed by atoms with Crippen molar-refractivity contribution in [2.45, 2.75) is 64.0 Å². The molecule has 3 N–H and O–H groups in total. The molecule has 2 aliphatic rings. The summed E-state index contributed by atoms with van der Waals surface area (Å²) in [5, 5.41) is 9.70. The average molecular weight is 414 g/mol. The summed E-state index contributed by atoms with van der Waals surface area (Å²) in [6, 6.07) is 0. The first-order valence-electron chi connectivity index (χ1n) is 10.6. The zero-order valence-electron chi connectivity index (χ0n) is 18.1. The highest BCUT2D eigenvalue weighted by Crippen LogP contribution is 2.36. The Morgan fingerprint density at radius 2 is 1.75 bits per heavy atom. The number of nitrogens with one attached hydrogen (secondary N) is 3. The molecule has 162 valence electrons. The van der Waals surface area contributed by atoms with Gasteiger partial charge in [0.1, 0.15) is 5.60 Å². The summed E-state index contributed by atoms with van der Waals surface area (Å²) in [4.78, 5) is 18.7. The Morgan fingerprint density at radius 3 is 2.36 bits per heavy atom. The fourth-order valence-electron chi connectivity index (χ4n) is 3.94. The lowest BCUT2D eigenvalue weighted by Gasteiger charge is -2.43. The number of thioether (sulfide) groups is 1. The number of ether oxygens (including phenoxy) is 1. The maximum atomic E-state index is 11.7. The molecule has 8 heteroatoms. The fraction of sp³-hybridized carbons (Fsp3) is 0.900. The maximum Gasteiger partial charge on any atom is 0.407 e. The van der Waals surface area contributed by atoms with E-state index in [1.165, 1.54) is 50.3 Å². The van der Waals surface area contributed by atoms with E-state index in [0.29, 0.717) is 6.54 Å². The van der Waals surface area contributed by atoms with Gasteiger partial charge in [-0.3, -0.25) is 9.89 Å². The van der Waals surface area contributed by atoms with E-state index in [2.05, 4.69) is 37.6 Å². The van der Waals surface area contributed by atoms with Crippen molar-refractivity contribution < 1.29 is 9.53 Å². The second-order valence-electron chi connectivity index (χ2n) is 8.67. The molecule has 1 aliphatic carbocycles. The Kier molecular flexibility index (Phi) is 9.21. The van der Waals surface area contributed by atoms with Gasteiger partial charge in [0.25, 0.3) is 0 Å². The fourth-order valence-corrected chi connectivity index (χ4v) is 4.85. The summed E-state index contributed by atoms with van der Waals surface area (Å²) in [6.07, 6.45) is 5.66. The number of hydrogen-bond donors (Lipinski definition) is 3.